The van der Waals surface area contributed by atoms with Crippen LogP contribution in [0.2, 0.25) is 0 Å². The molecule has 0 bridgehead atoms. The second-order valence-electron chi connectivity index (χ2n) is 7.00. The Kier molecular flexibility index (Phi) is 4.75. The van der Waals surface area contributed by atoms with Crippen molar-refractivity contribution in [1.29, 1.82) is 0 Å². The number of carbonyl (C=O) groups is 1. The van der Waals surface area contributed by atoms with Gasteiger partial charge in [-0.25, -0.2) is 12.7 Å². The van der Waals surface area contributed by atoms with Crippen molar-refractivity contribution in [3.63, 3.8) is 0 Å². The Morgan fingerprint density at radius 1 is 1.09 bits per heavy atom. The van der Waals surface area contributed by atoms with Crippen LogP contribution in [-0.4, -0.2) is 49.7 Å². The first kappa shape index (κ1) is 16.2. The minimum atomic E-state index is -3.26. The van der Waals surface area contributed by atoms with Gasteiger partial charge < -0.3 is 10.5 Å². The average molecular weight is 330 g/mol. The largest absolute Gasteiger partial charge is 0.374 e. The zero-order valence-corrected chi connectivity index (χ0v) is 13.8. The number of ether oxygens (including phenoxy) is 1. The van der Waals surface area contributed by atoms with Crippen LogP contribution in [0.5, 0.6) is 0 Å². The minimum Gasteiger partial charge on any atom is -0.374 e. The van der Waals surface area contributed by atoms with Crippen LogP contribution >= 0.6 is 0 Å². The van der Waals surface area contributed by atoms with Crippen LogP contribution in [0, 0.1) is 11.8 Å². The van der Waals surface area contributed by atoms with Gasteiger partial charge >= 0.3 is 0 Å². The zero-order valence-electron chi connectivity index (χ0n) is 12.9. The molecule has 0 aromatic carbocycles. The van der Waals surface area contributed by atoms with Crippen LogP contribution in [0.25, 0.3) is 0 Å². The monoisotopic (exact) mass is 330 g/mol. The number of nitrogens with zero attached hydrogens (tertiary/aromatic N) is 1. The van der Waals surface area contributed by atoms with E-state index in [1.165, 1.54) is 12.8 Å². The third kappa shape index (κ3) is 4.00. The van der Waals surface area contributed by atoms with E-state index in [-0.39, 0.29) is 23.7 Å². The van der Waals surface area contributed by atoms with Crippen molar-refractivity contribution in [2.45, 2.75) is 57.2 Å². The van der Waals surface area contributed by atoms with Gasteiger partial charge in [0.2, 0.25) is 15.9 Å². The number of carbonyl (C=O) groups excluding carboxylic acids is 1. The number of rotatable bonds is 6. The highest BCUT2D eigenvalue weighted by Gasteiger charge is 2.40. The molecule has 22 heavy (non-hydrogen) atoms. The summed E-state index contributed by atoms with van der Waals surface area (Å²) >= 11 is 0. The van der Waals surface area contributed by atoms with E-state index in [4.69, 9.17) is 10.5 Å². The summed E-state index contributed by atoms with van der Waals surface area (Å²) in [6.45, 7) is 0.998. The van der Waals surface area contributed by atoms with Crippen molar-refractivity contribution in [3.8, 4) is 0 Å². The third-order valence-corrected chi connectivity index (χ3v) is 7.09. The highest BCUT2D eigenvalue weighted by molar-refractivity contribution is 7.89. The summed E-state index contributed by atoms with van der Waals surface area (Å²) in [5.74, 6) is 0.714. The normalized spacial score (nSPS) is 31.5. The van der Waals surface area contributed by atoms with Crippen LogP contribution in [-0.2, 0) is 19.6 Å². The third-order valence-electron chi connectivity index (χ3n) is 5.14. The molecule has 0 aromatic heterocycles. The van der Waals surface area contributed by atoms with Crippen LogP contribution < -0.4 is 5.73 Å². The Labute approximate surface area is 132 Å². The van der Waals surface area contributed by atoms with E-state index < -0.39 is 10.0 Å². The Bertz CT molecular complexity index is 510. The predicted molar refractivity (Wildman–Crippen MR) is 82.5 cm³/mol. The summed E-state index contributed by atoms with van der Waals surface area (Å²) in [5.41, 5.74) is 5.21. The van der Waals surface area contributed by atoms with Gasteiger partial charge in [-0.3, -0.25) is 4.79 Å². The molecule has 0 radical (unpaired) electrons. The molecule has 1 saturated carbocycles. The molecule has 126 valence electrons. The summed E-state index contributed by atoms with van der Waals surface area (Å²) in [6, 6.07) is 0. The lowest BCUT2D eigenvalue weighted by Gasteiger charge is -2.31. The number of nitrogens with two attached hydrogens (primary N) is 1. The van der Waals surface area contributed by atoms with Crippen molar-refractivity contribution in [3.05, 3.63) is 0 Å². The van der Waals surface area contributed by atoms with Crippen molar-refractivity contribution < 1.29 is 17.9 Å². The second kappa shape index (κ2) is 6.45. The van der Waals surface area contributed by atoms with E-state index in [9.17, 15) is 13.2 Å². The Balaban J connectivity index is 1.48. The minimum absolute atomic E-state index is 0.108. The summed E-state index contributed by atoms with van der Waals surface area (Å²) in [6.07, 6.45) is 6.29. The van der Waals surface area contributed by atoms with Gasteiger partial charge in [-0.2, -0.15) is 0 Å². The van der Waals surface area contributed by atoms with E-state index in [2.05, 4.69) is 0 Å². The molecule has 0 aromatic rings. The van der Waals surface area contributed by atoms with E-state index >= 15 is 0 Å². The van der Waals surface area contributed by atoms with Crippen molar-refractivity contribution in [1.82, 2.24) is 4.31 Å². The topological polar surface area (TPSA) is 89.7 Å². The molecule has 1 amide bonds. The number of primary amides is 1. The molecule has 2 saturated heterocycles. The van der Waals surface area contributed by atoms with Gasteiger partial charge in [0.05, 0.1) is 18.0 Å². The number of amides is 1. The lowest BCUT2D eigenvalue weighted by molar-refractivity contribution is -0.119. The molecule has 6 nitrogen and oxygen atoms in total. The molecule has 2 N–H and O–H groups in total. The highest BCUT2D eigenvalue weighted by Crippen LogP contribution is 2.40. The Morgan fingerprint density at radius 3 is 2.36 bits per heavy atom. The first-order valence-corrected chi connectivity index (χ1v) is 9.96. The molecule has 3 rings (SSSR count). The molecule has 1 aliphatic carbocycles. The lowest BCUT2D eigenvalue weighted by Crippen LogP contribution is -2.42. The van der Waals surface area contributed by atoms with E-state index in [1.807, 2.05) is 0 Å². The van der Waals surface area contributed by atoms with E-state index in [0.717, 1.165) is 25.7 Å². The number of sulfonamides is 1. The molecule has 2 heterocycles. The maximum Gasteiger partial charge on any atom is 0.217 e. The van der Waals surface area contributed by atoms with Gasteiger partial charge in [-0.1, -0.05) is 0 Å². The van der Waals surface area contributed by atoms with Crippen molar-refractivity contribution in [2.75, 3.05) is 18.8 Å². The summed E-state index contributed by atoms with van der Waals surface area (Å²) < 4.78 is 32.5. The quantitative estimate of drug-likeness (QED) is 0.782. The van der Waals surface area contributed by atoms with Gasteiger partial charge in [0, 0.05) is 19.5 Å². The van der Waals surface area contributed by atoms with Crippen molar-refractivity contribution >= 4 is 15.9 Å². The fourth-order valence-electron chi connectivity index (χ4n) is 3.69. The second-order valence-corrected chi connectivity index (χ2v) is 9.02. The Hall–Kier alpha value is -0.660. The molecule has 2 aliphatic heterocycles. The summed E-state index contributed by atoms with van der Waals surface area (Å²) in [5, 5.41) is 0. The predicted octanol–water partition coefficient (Wildman–Crippen LogP) is 0.861. The Morgan fingerprint density at radius 2 is 1.77 bits per heavy atom. The molecule has 7 heteroatoms. The summed E-state index contributed by atoms with van der Waals surface area (Å²) in [7, 11) is -3.26. The molecule has 0 spiro atoms. The molecular weight excluding hydrogens is 304 g/mol. The summed E-state index contributed by atoms with van der Waals surface area (Å²) in [4.78, 5) is 10.9. The number of hydrogen-bond acceptors (Lipinski definition) is 4. The standard InChI is InChI=1S/C15H26N2O4S/c16-15(18)9-11-5-7-17(8-6-11)22(19,20)10-13-3-4-14(21-13)12-1-2-12/h11-14H,1-10H2,(H2,16,18). The smallest absolute Gasteiger partial charge is 0.217 e. The zero-order chi connectivity index (χ0) is 15.7. The van der Waals surface area contributed by atoms with Crippen LogP contribution in [0.1, 0.15) is 44.9 Å². The molecule has 3 fully saturated rings. The maximum absolute atomic E-state index is 12.5. The highest BCUT2D eigenvalue weighted by atomic mass is 32.2. The average Bonchev–Trinajstić information content (AvgIpc) is 3.20. The van der Waals surface area contributed by atoms with Gasteiger partial charge in [0.25, 0.3) is 0 Å². The lowest BCUT2D eigenvalue weighted by atomic mass is 9.94. The van der Waals surface area contributed by atoms with Crippen LogP contribution in [0.15, 0.2) is 0 Å². The number of piperidine rings is 1. The molecule has 2 atom stereocenters. The van der Waals surface area contributed by atoms with Crippen LogP contribution in [0.4, 0.5) is 0 Å². The first-order chi connectivity index (χ1) is 10.4. The first-order valence-electron chi connectivity index (χ1n) is 8.35. The van der Waals surface area contributed by atoms with E-state index in [0.29, 0.717) is 31.5 Å². The fraction of sp³-hybridized carbons (Fsp3) is 0.933. The fourth-order valence-corrected chi connectivity index (χ4v) is 5.38. The van der Waals surface area contributed by atoms with Gasteiger partial charge in [0.15, 0.2) is 0 Å². The van der Waals surface area contributed by atoms with E-state index in [1.54, 1.807) is 4.31 Å². The van der Waals surface area contributed by atoms with Gasteiger partial charge in [-0.15, -0.1) is 0 Å². The van der Waals surface area contributed by atoms with Gasteiger partial charge in [-0.05, 0) is 50.4 Å². The van der Waals surface area contributed by atoms with Gasteiger partial charge in [0.1, 0.15) is 0 Å². The molecule has 2 unspecified atom stereocenters. The SMILES string of the molecule is NC(=O)CC1CCN(S(=O)(=O)CC2CCC(C3CC3)O2)CC1. The number of hydrogen-bond donors (Lipinski definition) is 1. The van der Waals surface area contributed by atoms with Crippen LogP contribution in [0.3, 0.4) is 0 Å². The maximum atomic E-state index is 12.5. The molecule has 3 aliphatic rings. The molecular formula is C15H26N2O4S. The van der Waals surface area contributed by atoms with Crippen molar-refractivity contribution in [2.24, 2.45) is 17.6 Å².